The third-order valence-corrected chi connectivity index (χ3v) is 3.44. The number of hydrogen-bond acceptors (Lipinski definition) is 2. The van der Waals surface area contributed by atoms with Crippen LogP contribution >= 0.6 is 11.6 Å². The van der Waals surface area contributed by atoms with Gasteiger partial charge in [0.1, 0.15) is 0 Å². The summed E-state index contributed by atoms with van der Waals surface area (Å²) in [5.74, 6) is 0. The molecule has 3 heteroatoms. The van der Waals surface area contributed by atoms with E-state index in [9.17, 15) is 0 Å². The Hall–Kier alpha value is -1.67. The minimum Gasteiger partial charge on any atom is -0.397 e. The molecule has 2 nitrogen and oxygen atoms in total. The quantitative estimate of drug-likeness (QED) is 0.836. The van der Waals surface area contributed by atoms with Gasteiger partial charge >= 0.3 is 0 Å². The van der Waals surface area contributed by atoms with Crippen LogP contribution in [-0.2, 0) is 6.42 Å². The third kappa shape index (κ3) is 3.90. The molecule has 0 saturated carbocycles. The number of aryl methyl sites for hydroxylation is 1. The van der Waals surface area contributed by atoms with Gasteiger partial charge in [0, 0.05) is 18.6 Å². The summed E-state index contributed by atoms with van der Waals surface area (Å²) in [5.41, 5.74) is 9.12. The third-order valence-electron chi connectivity index (χ3n) is 3.20. The van der Waals surface area contributed by atoms with Gasteiger partial charge in [-0.15, -0.1) is 0 Å². The molecule has 0 fully saturated rings. The van der Waals surface area contributed by atoms with E-state index < -0.39 is 0 Å². The summed E-state index contributed by atoms with van der Waals surface area (Å²) in [5, 5.41) is 0.680. The highest BCUT2D eigenvalue weighted by atomic mass is 35.5. The first kappa shape index (κ1) is 13.8. The van der Waals surface area contributed by atoms with E-state index in [1.54, 1.807) is 6.07 Å². The van der Waals surface area contributed by atoms with Crippen LogP contribution in [0.2, 0.25) is 5.02 Å². The van der Waals surface area contributed by atoms with Gasteiger partial charge in [0.05, 0.1) is 11.4 Å². The van der Waals surface area contributed by atoms with Crippen molar-refractivity contribution in [2.24, 2.45) is 0 Å². The van der Waals surface area contributed by atoms with Crippen molar-refractivity contribution in [2.75, 3.05) is 24.2 Å². The van der Waals surface area contributed by atoms with Crippen LogP contribution in [0.1, 0.15) is 12.0 Å². The molecule has 0 aliphatic rings. The predicted octanol–water partition coefficient (Wildman–Crippen LogP) is 3.99. The number of hydrogen-bond donors (Lipinski definition) is 1. The van der Waals surface area contributed by atoms with Crippen molar-refractivity contribution in [1.82, 2.24) is 0 Å². The van der Waals surface area contributed by atoms with Crippen molar-refractivity contribution >= 4 is 23.0 Å². The second-order valence-electron chi connectivity index (χ2n) is 4.71. The maximum absolute atomic E-state index is 5.98. The van der Waals surface area contributed by atoms with Crippen LogP contribution in [0.5, 0.6) is 0 Å². The number of nitrogen functional groups attached to an aromatic ring is 1. The molecule has 0 heterocycles. The molecule has 19 heavy (non-hydrogen) atoms. The van der Waals surface area contributed by atoms with Crippen molar-refractivity contribution in [3.05, 3.63) is 59.1 Å². The maximum atomic E-state index is 5.98. The summed E-state index contributed by atoms with van der Waals surface area (Å²) in [7, 11) is 2.06. The summed E-state index contributed by atoms with van der Waals surface area (Å²) < 4.78 is 0. The van der Waals surface area contributed by atoms with Gasteiger partial charge < -0.3 is 10.6 Å². The Morgan fingerprint density at radius 3 is 2.53 bits per heavy atom. The molecule has 0 saturated heterocycles. The molecular weight excluding hydrogens is 256 g/mol. The summed E-state index contributed by atoms with van der Waals surface area (Å²) in [6.07, 6.45) is 2.18. The van der Waals surface area contributed by atoms with Gasteiger partial charge in [0.25, 0.3) is 0 Å². The van der Waals surface area contributed by atoms with E-state index in [0.29, 0.717) is 5.02 Å². The van der Waals surface area contributed by atoms with Gasteiger partial charge in [0.15, 0.2) is 0 Å². The van der Waals surface area contributed by atoms with Gasteiger partial charge in [-0.2, -0.15) is 0 Å². The highest BCUT2D eigenvalue weighted by Gasteiger charge is 2.05. The lowest BCUT2D eigenvalue weighted by Crippen LogP contribution is -2.20. The van der Waals surface area contributed by atoms with E-state index in [-0.39, 0.29) is 0 Å². The van der Waals surface area contributed by atoms with E-state index in [1.165, 1.54) is 5.56 Å². The number of rotatable bonds is 5. The zero-order valence-corrected chi connectivity index (χ0v) is 11.9. The molecule has 2 rings (SSSR count). The summed E-state index contributed by atoms with van der Waals surface area (Å²) in [6.45, 7) is 0.973. The number of nitrogens with two attached hydrogens (primary N) is 1. The van der Waals surface area contributed by atoms with Crippen LogP contribution in [0.15, 0.2) is 48.5 Å². The molecule has 0 radical (unpaired) electrons. The molecule has 2 N–H and O–H groups in total. The molecule has 2 aromatic carbocycles. The fraction of sp³-hybridized carbons (Fsp3) is 0.250. The Labute approximate surface area is 119 Å². The Morgan fingerprint density at radius 2 is 1.84 bits per heavy atom. The van der Waals surface area contributed by atoms with Crippen LogP contribution in [0.4, 0.5) is 11.4 Å². The minimum absolute atomic E-state index is 0.680. The first-order chi connectivity index (χ1) is 9.16. The SMILES string of the molecule is CN(CCCc1ccccc1)c1ccc(Cl)cc1N. The average Bonchev–Trinajstić information content (AvgIpc) is 2.39. The van der Waals surface area contributed by atoms with Crippen molar-refractivity contribution in [2.45, 2.75) is 12.8 Å². The molecule has 0 atom stereocenters. The lowest BCUT2D eigenvalue weighted by atomic mass is 10.1. The first-order valence-electron chi connectivity index (χ1n) is 6.47. The number of halogens is 1. The first-order valence-corrected chi connectivity index (χ1v) is 6.84. The normalized spacial score (nSPS) is 10.4. The maximum Gasteiger partial charge on any atom is 0.0598 e. The Bertz CT molecular complexity index is 526. The highest BCUT2D eigenvalue weighted by Crippen LogP contribution is 2.25. The Kier molecular flexibility index (Phi) is 4.69. The number of nitrogens with zero attached hydrogens (tertiary/aromatic N) is 1. The molecule has 2 aromatic rings. The van der Waals surface area contributed by atoms with Crippen molar-refractivity contribution in [1.29, 1.82) is 0 Å². The Morgan fingerprint density at radius 1 is 1.11 bits per heavy atom. The summed E-state index contributed by atoms with van der Waals surface area (Å²) in [4.78, 5) is 2.18. The monoisotopic (exact) mass is 274 g/mol. The molecule has 0 aliphatic carbocycles. The van der Waals surface area contributed by atoms with Crippen molar-refractivity contribution in [3.63, 3.8) is 0 Å². The molecule has 0 bridgehead atoms. The van der Waals surface area contributed by atoms with E-state index in [0.717, 1.165) is 30.8 Å². The van der Waals surface area contributed by atoms with Gasteiger partial charge in [-0.25, -0.2) is 0 Å². The lowest BCUT2D eigenvalue weighted by molar-refractivity contribution is 0.786. The number of benzene rings is 2. The zero-order chi connectivity index (χ0) is 13.7. The van der Waals surface area contributed by atoms with Gasteiger partial charge in [-0.3, -0.25) is 0 Å². The Balaban J connectivity index is 1.89. The second-order valence-corrected chi connectivity index (χ2v) is 5.15. The van der Waals surface area contributed by atoms with E-state index >= 15 is 0 Å². The van der Waals surface area contributed by atoms with E-state index in [4.69, 9.17) is 17.3 Å². The lowest BCUT2D eigenvalue weighted by Gasteiger charge is -2.21. The van der Waals surface area contributed by atoms with E-state index in [1.807, 2.05) is 18.2 Å². The molecular formula is C16H19ClN2. The number of anilines is 2. The van der Waals surface area contributed by atoms with Gasteiger partial charge in [-0.1, -0.05) is 41.9 Å². The zero-order valence-electron chi connectivity index (χ0n) is 11.1. The van der Waals surface area contributed by atoms with Crippen molar-refractivity contribution < 1.29 is 0 Å². The minimum atomic E-state index is 0.680. The smallest absolute Gasteiger partial charge is 0.0598 e. The molecule has 0 aliphatic heterocycles. The molecule has 0 unspecified atom stereocenters. The molecule has 0 spiro atoms. The summed E-state index contributed by atoms with van der Waals surface area (Å²) in [6, 6.07) is 16.2. The van der Waals surface area contributed by atoms with Crippen LogP contribution in [0, 0.1) is 0 Å². The van der Waals surface area contributed by atoms with Gasteiger partial charge in [0.2, 0.25) is 0 Å². The van der Waals surface area contributed by atoms with Crippen LogP contribution < -0.4 is 10.6 Å². The van der Waals surface area contributed by atoms with E-state index in [2.05, 4.69) is 36.2 Å². The molecule has 100 valence electrons. The largest absolute Gasteiger partial charge is 0.397 e. The standard InChI is InChI=1S/C16H19ClN2/c1-19(16-10-9-14(17)12-15(16)18)11-5-8-13-6-3-2-4-7-13/h2-4,6-7,9-10,12H,5,8,11,18H2,1H3. The fourth-order valence-electron chi connectivity index (χ4n) is 2.16. The van der Waals surface area contributed by atoms with Gasteiger partial charge in [-0.05, 0) is 36.6 Å². The second kappa shape index (κ2) is 6.48. The topological polar surface area (TPSA) is 29.3 Å². The summed E-state index contributed by atoms with van der Waals surface area (Å²) >= 11 is 5.91. The predicted molar refractivity (Wildman–Crippen MR) is 83.9 cm³/mol. The molecule has 0 aromatic heterocycles. The van der Waals surface area contributed by atoms with Crippen molar-refractivity contribution in [3.8, 4) is 0 Å². The van der Waals surface area contributed by atoms with Crippen LogP contribution in [0.3, 0.4) is 0 Å². The highest BCUT2D eigenvalue weighted by molar-refractivity contribution is 6.31. The average molecular weight is 275 g/mol. The fourth-order valence-corrected chi connectivity index (χ4v) is 2.34. The van der Waals surface area contributed by atoms with Crippen LogP contribution in [0.25, 0.3) is 0 Å². The van der Waals surface area contributed by atoms with Crippen LogP contribution in [-0.4, -0.2) is 13.6 Å². The molecule has 0 amide bonds.